The Morgan fingerprint density at radius 1 is 1.61 bits per heavy atom. The van der Waals surface area contributed by atoms with Crippen LogP contribution >= 0.6 is 0 Å². The Morgan fingerprint density at radius 3 is 2.94 bits per heavy atom. The quantitative estimate of drug-likeness (QED) is 0.843. The second-order valence-corrected chi connectivity index (χ2v) is 4.73. The molecule has 0 bridgehead atoms. The molecule has 1 aliphatic heterocycles. The molecule has 2 heterocycles. The Bertz CT molecular complexity index is 416. The van der Waals surface area contributed by atoms with E-state index in [4.69, 9.17) is 9.15 Å². The zero-order valence-electron chi connectivity index (χ0n) is 11.0. The van der Waals surface area contributed by atoms with Crippen LogP contribution in [0.4, 0.5) is 0 Å². The fraction of sp³-hybridized carbons (Fsp3) is 0.615. The first-order valence-corrected chi connectivity index (χ1v) is 6.23. The summed E-state index contributed by atoms with van der Waals surface area (Å²) >= 11 is 0. The number of hydrogen-bond donors (Lipinski definition) is 2. The smallest absolute Gasteiger partial charge is 0.237 e. The van der Waals surface area contributed by atoms with E-state index in [1.54, 1.807) is 7.11 Å². The number of hydrogen-bond acceptors (Lipinski definition) is 4. The molecule has 0 spiro atoms. The van der Waals surface area contributed by atoms with Crippen molar-refractivity contribution in [3.05, 3.63) is 23.7 Å². The predicted molar refractivity (Wildman–Crippen MR) is 67.2 cm³/mol. The third kappa shape index (κ3) is 2.91. The van der Waals surface area contributed by atoms with Crippen LogP contribution in [0.1, 0.15) is 30.9 Å². The highest BCUT2D eigenvalue weighted by Gasteiger charge is 2.30. The number of methoxy groups -OCH3 is 1. The normalized spacial score (nSPS) is 25.1. The summed E-state index contributed by atoms with van der Waals surface area (Å²) in [5.74, 6) is 1.63. The van der Waals surface area contributed by atoms with Gasteiger partial charge < -0.3 is 19.8 Å². The van der Waals surface area contributed by atoms with Crippen LogP contribution in [-0.4, -0.2) is 31.7 Å². The van der Waals surface area contributed by atoms with E-state index in [0.29, 0.717) is 6.42 Å². The number of amides is 1. The van der Waals surface area contributed by atoms with Gasteiger partial charge >= 0.3 is 0 Å². The van der Waals surface area contributed by atoms with Gasteiger partial charge in [0.05, 0.1) is 18.2 Å². The van der Waals surface area contributed by atoms with Gasteiger partial charge in [0.15, 0.2) is 0 Å². The minimum absolute atomic E-state index is 0.00361. The van der Waals surface area contributed by atoms with E-state index in [1.165, 1.54) is 0 Å². The molecule has 1 amide bonds. The van der Waals surface area contributed by atoms with Crippen molar-refractivity contribution < 1.29 is 13.9 Å². The minimum Gasteiger partial charge on any atom is -0.464 e. The predicted octanol–water partition coefficient (Wildman–Crippen LogP) is 1.14. The van der Waals surface area contributed by atoms with Gasteiger partial charge in [-0.1, -0.05) is 0 Å². The minimum atomic E-state index is -0.173. The van der Waals surface area contributed by atoms with E-state index in [9.17, 15) is 4.79 Å². The molecule has 3 atom stereocenters. The summed E-state index contributed by atoms with van der Waals surface area (Å²) in [4.78, 5) is 12.0. The van der Waals surface area contributed by atoms with Crippen LogP contribution in [-0.2, 0) is 9.53 Å². The van der Waals surface area contributed by atoms with Crippen molar-refractivity contribution in [3.8, 4) is 0 Å². The number of carbonyl (C=O) groups is 1. The Kier molecular flexibility index (Phi) is 4.04. The summed E-state index contributed by atoms with van der Waals surface area (Å²) in [5, 5.41) is 6.10. The molecule has 100 valence electrons. The molecule has 0 saturated carbocycles. The molecule has 2 N–H and O–H groups in total. The molecule has 0 aromatic carbocycles. The highest BCUT2D eigenvalue weighted by atomic mass is 16.5. The molecule has 1 aromatic rings. The molecule has 1 aromatic heterocycles. The first-order valence-electron chi connectivity index (χ1n) is 6.23. The highest BCUT2D eigenvalue weighted by Crippen LogP contribution is 2.17. The summed E-state index contributed by atoms with van der Waals surface area (Å²) in [5.41, 5.74) is 0. The maximum Gasteiger partial charge on any atom is 0.237 e. The molecule has 18 heavy (non-hydrogen) atoms. The number of aryl methyl sites for hydroxylation is 1. The number of nitrogens with one attached hydrogen (secondary N) is 2. The lowest BCUT2D eigenvalue weighted by molar-refractivity contribution is -0.123. The van der Waals surface area contributed by atoms with Gasteiger partial charge in [-0.2, -0.15) is 0 Å². The molecule has 2 rings (SSSR count). The Labute approximate surface area is 107 Å². The van der Waals surface area contributed by atoms with E-state index in [1.807, 2.05) is 26.0 Å². The maximum atomic E-state index is 12.0. The van der Waals surface area contributed by atoms with Gasteiger partial charge in [0.25, 0.3) is 0 Å². The van der Waals surface area contributed by atoms with Crippen LogP contribution in [0.25, 0.3) is 0 Å². The fourth-order valence-corrected chi connectivity index (χ4v) is 2.15. The monoisotopic (exact) mass is 252 g/mol. The molecule has 5 heteroatoms. The molecule has 1 fully saturated rings. The molecule has 0 radical (unpaired) electrons. The van der Waals surface area contributed by atoms with Crippen LogP contribution < -0.4 is 10.6 Å². The van der Waals surface area contributed by atoms with Crippen molar-refractivity contribution in [2.75, 3.05) is 13.7 Å². The summed E-state index contributed by atoms with van der Waals surface area (Å²) in [7, 11) is 1.67. The van der Waals surface area contributed by atoms with Gasteiger partial charge in [-0.3, -0.25) is 4.79 Å². The average molecular weight is 252 g/mol. The third-order valence-corrected chi connectivity index (χ3v) is 3.29. The third-order valence-electron chi connectivity index (χ3n) is 3.29. The van der Waals surface area contributed by atoms with Gasteiger partial charge in [-0.25, -0.2) is 0 Å². The molecule has 3 unspecified atom stereocenters. The molecular weight excluding hydrogens is 232 g/mol. The Hall–Kier alpha value is -1.33. The second kappa shape index (κ2) is 5.54. The van der Waals surface area contributed by atoms with Crippen LogP contribution in [0.3, 0.4) is 0 Å². The largest absolute Gasteiger partial charge is 0.464 e. The highest BCUT2D eigenvalue weighted by molar-refractivity contribution is 5.82. The Balaban J connectivity index is 1.88. The topological polar surface area (TPSA) is 63.5 Å². The molecular formula is C13H20N2O3. The van der Waals surface area contributed by atoms with Crippen LogP contribution in [0.2, 0.25) is 0 Å². The summed E-state index contributed by atoms with van der Waals surface area (Å²) in [6.45, 7) is 4.53. The first-order chi connectivity index (χ1) is 8.60. The van der Waals surface area contributed by atoms with E-state index >= 15 is 0 Å². The van der Waals surface area contributed by atoms with Crippen molar-refractivity contribution in [1.29, 1.82) is 0 Å². The van der Waals surface area contributed by atoms with Crippen LogP contribution in [0.15, 0.2) is 16.5 Å². The van der Waals surface area contributed by atoms with Gasteiger partial charge in [0.2, 0.25) is 5.91 Å². The Morgan fingerprint density at radius 2 is 2.39 bits per heavy atom. The van der Waals surface area contributed by atoms with Gasteiger partial charge in [0, 0.05) is 13.7 Å². The standard InChI is InChI=1S/C13H20N2O3/c1-8-4-5-12(18-8)9(2)15-13(16)11-6-10(17-3)7-14-11/h4-5,9-11,14H,6-7H2,1-3H3,(H,15,16). The lowest BCUT2D eigenvalue weighted by Crippen LogP contribution is -2.41. The molecule has 5 nitrogen and oxygen atoms in total. The number of carbonyl (C=O) groups excluding carboxylic acids is 1. The number of furan rings is 1. The molecule has 1 aliphatic rings. The first kappa shape index (κ1) is 13.1. The number of ether oxygens (including phenoxy) is 1. The summed E-state index contributed by atoms with van der Waals surface area (Å²) < 4.78 is 10.7. The van der Waals surface area contributed by atoms with E-state index in [-0.39, 0.29) is 24.1 Å². The van der Waals surface area contributed by atoms with Crippen molar-refractivity contribution >= 4 is 5.91 Å². The van der Waals surface area contributed by atoms with Crippen LogP contribution in [0, 0.1) is 6.92 Å². The van der Waals surface area contributed by atoms with Crippen LogP contribution in [0.5, 0.6) is 0 Å². The van der Waals surface area contributed by atoms with Crippen molar-refractivity contribution in [2.45, 2.75) is 38.5 Å². The summed E-state index contributed by atoms with van der Waals surface area (Å²) in [6, 6.07) is 3.50. The maximum absolute atomic E-state index is 12.0. The van der Waals surface area contributed by atoms with Crippen molar-refractivity contribution in [2.24, 2.45) is 0 Å². The summed E-state index contributed by atoms with van der Waals surface area (Å²) in [6.07, 6.45) is 0.841. The lowest BCUT2D eigenvalue weighted by atomic mass is 10.1. The average Bonchev–Trinajstić information content (AvgIpc) is 2.97. The fourth-order valence-electron chi connectivity index (χ4n) is 2.15. The van der Waals surface area contributed by atoms with Gasteiger partial charge in [-0.05, 0) is 32.4 Å². The zero-order chi connectivity index (χ0) is 13.1. The van der Waals surface area contributed by atoms with Gasteiger partial charge in [0.1, 0.15) is 11.5 Å². The van der Waals surface area contributed by atoms with Crippen molar-refractivity contribution in [1.82, 2.24) is 10.6 Å². The molecule has 1 saturated heterocycles. The number of rotatable bonds is 4. The van der Waals surface area contributed by atoms with E-state index in [0.717, 1.165) is 18.1 Å². The van der Waals surface area contributed by atoms with E-state index < -0.39 is 0 Å². The second-order valence-electron chi connectivity index (χ2n) is 4.73. The zero-order valence-corrected chi connectivity index (χ0v) is 11.0. The van der Waals surface area contributed by atoms with Gasteiger partial charge in [-0.15, -0.1) is 0 Å². The lowest BCUT2D eigenvalue weighted by Gasteiger charge is -2.15. The SMILES string of the molecule is COC1CNC(C(=O)NC(C)c2ccc(C)o2)C1. The molecule has 0 aliphatic carbocycles. The van der Waals surface area contributed by atoms with Crippen molar-refractivity contribution in [3.63, 3.8) is 0 Å². The van der Waals surface area contributed by atoms with E-state index in [2.05, 4.69) is 10.6 Å².